The molecule has 0 saturated carbocycles. The summed E-state index contributed by atoms with van der Waals surface area (Å²) < 4.78 is 9.92. The zero-order chi connectivity index (χ0) is 23.4. The first-order chi connectivity index (χ1) is 16.0. The molecule has 2 N–H and O–H groups in total. The van der Waals surface area contributed by atoms with E-state index in [4.69, 9.17) is 4.74 Å². The Hall–Kier alpha value is -3.43. The van der Waals surface area contributed by atoms with Gasteiger partial charge in [-0.2, -0.15) is 0 Å². The van der Waals surface area contributed by atoms with E-state index in [9.17, 15) is 14.9 Å². The fourth-order valence-corrected chi connectivity index (χ4v) is 4.50. The number of aromatic nitrogens is 1. The van der Waals surface area contributed by atoms with Gasteiger partial charge in [-0.15, -0.1) is 0 Å². The van der Waals surface area contributed by atoms with Crippen LogP contribution in [-0.4, -0.2) is 60.7 Å². The lowest BCUT2D eigenvalue weighted by molar-refractivity contribution is -0.383. The number of nitrogens with one attached hydrogen (secondary N) is 2. The number of H-pyrrole nitrogens is 1. The lowest BCUT2D eigenvalue weighted by Crippen LogP contribution is -2.33. The van der Waals surface area contributed by atoms with Gasteiger partial charge in [0.05, 0.1) is 24.2 Å². The summed E-state index contributed by atoms with van der Waals surface area (Å²) >= 11 is 0. The second-order valence-corrected chi connectivity index (χ2v) is 8.21. The number of benzene rings is 2. The van der Waals surface area contributed by atoms with Gasteiger partial charge in [0.25, 0.3) is 5.69 Å². The third kappa shape index (κ3) is 4.99. The number of hydrogen-bond donors (Lipinski definition) is 2. The third-order valence-electron chi connectivity index (χ3n) is 6.20. The van der Waals surface area contributed by atoms with Crippen molar-refractivity contribution in [1.29, 1.82) is 0 Å². The molecule has 2 heterocycles. The number of hydrogen-bond acceptors (Lipinski definition) is 7. The molecule has 0 spiro atoms. The van der Waals surface area contributed by atoms with Crippen molar-refractivity contribution in [1.82, 2.24) is 9.88 Å². The summed E-state index contributed by atoms with van der Waals surface area (Å²) in [6, 6.07) is 10.6. The van der Waals surface area contributed by atoms with Crippen LogP contribution >= 0.6 is 0 Å². The number of methoxy groups -OCH3 is 2. The number of nitro benzene ring substituents is 1. The van der Waals surface area contributed by atoms with Crippen molar-refractivity contribution in [3.8, 4) is 0 Å². The average molecular weight is 453 g/mol. The predicted molar refractivity (Wildman–Crippen MR) is 126 cm³/mol. The molecule has 0 radical (unpaired) electrons. The zero-order valence-corrected chi connectivity index (χ0v) is 18.8. The molecule has 3 aromatic rings. The highest BCUT2D eigenvalue weighted by Crippen LogP contribution is 2.32. The molecule has 0 bridgehead atoms. The molecule has 1 unspecified atom stereocenters. The number of anilines is 2. The van der Waals surface area contributed by atoms with Gasteiger partial charge in [-0.1, -0.05) is 0 Å². The zero-order valence-electron chi connectivity index (χ0n) is 18.8. The summed E-state index contributed by atoms with van der Waals surface area (Å²) in [5.41, 5.74) is 3.23. The van der Waals surface area contributed by atoms with Gasteiger partial charge in [-0.3, -0.25) is 15.0 Å². The van der Waals surface area contributed by atoms with Crippen LogP contribution in [0.3, 0.4) is 0 Å². The van der Waals surface area contributed by atoms with E-state index in [1.54, 1.807) is 7.11 Å². The monoisotopic (exact) mass is 452 g/mol. The molecule has 1 aliphatic rings. The summed E-state index contributed by atoms with van der Waals surface area (Å²) in [6.07, 6.45) is 5.33. The second kappa shape index (κ2) is 10.0. The minimum Gasteiger partial charge on any atom is -0.465 e. The number of nitrogens with zero attached hydrogens (tertiary/aromatic N) is 2. The van der Waals surface area contributed by atoms with Gasteiger partial charge in [-0.25, -0.2) is 4.79 Å². The Morgan fingerprint density at radius 1 is 1.27 bits per heavy atom. The Labute approximate surface area is 191 Å². The Bertz CT molecular complexity index is 1160. The highest BCUT2D eigenvalue weighted by Gasteiger charge is 2.25. The fraction of sp³-hybridized carbons (Fsp3) is 0.375. The van der Waals surface area contributed by atoms with Crippen LogP contribution in [0.15, 0.2) is 42.6 Å². The molecule has 9 heteroatoms. The number of aromatic amines is 1. The van der Waals surface area contributed by atoms with E-state index in [1.165, 1.54) is 37.3 Å². The van der Waals surface area contributed by atoms with Crippen molar-refractivity contribution in [2.24, 2.45) is 0 Å². The van der Waals surface area contributed by atoms with E-state index in [-0.39, 0.29) is 11.3 Å². The Kier molecular flexibility index (Phi) is 6.90. The van der Waals surface area contributed by atoms with Crippen LogP contribution in [0.4, 0.5) is 17.1 Å². The molecule has 1 atom stereocenters. The van der Waals surface area contributed by atoms with Crippen molar-refractivity contribution in [2.45, 2.75) is 25.3 Å². The third-order valence-corrected chi connectivity index (χ3v) is 6.20. The molecule has 174 valence electrons. The van der Waals surface area contributed by atoms with Crippen LogP contribution in [0.5, 0.6) is 0 Å². The van der Waals surface area contributed by atoms with E-state index in [0.29, 0.717) is 11.7 Å². The van der Waals surface area contributed by atoms with Crippen LogP contribution in [0, 0.1) is 10.1 Å². The minimum atomic E-state index is -0.616. The lowest BCUT2D eigenvalue weighted by atomic mass is 10.0. The van der Waals surface area contributed by atoms with Crippen molar-refractivity contribution >= 4 is 33.9 Å². The molecule has 4 rings (SSSR count). The summed E-state index contributed by atoms with van der Waals surface area (Å²) in [6.45, 7) is 2.75. The summed E-state index contributed by atoms with van der Waals surface area (Å²) in [5.74, 6) is -0.616. The first kappa shape index (κ1) is 22.8. The molecule has 33 heavy (non-hydrogen) atoms. The molecule has 0 amide bonds. The van der Waals surface area contributed by atoms with E-state index in [2.05, 4.69) is 26.1 Å². The number of nitro groups is 1. The number of fused-ring (bicyclic) bond motifs is 1. The fourth-order valence-electron chi connectivity index (χ4n) is 4.50. The number of rotatable bonds is 9. The molecule has 1 fully saturated rings. The Balaban J connectivity index is 1.58. The van der Waals surface area contributed by atoms with Gasteiger partial charge in [0.2, 0.25) is 0 Å². The first-order valence-corrected chi connectivity index (χ1v) is 11.0. The molecule has 2 aromatic carbocycles. The maximum atomic E-state index is 11.8. The van der Waals surface area contributed by atoms with Crippen molar-refractivity contribution in [3.63, 3.8) is 0 Å². The number of carbonyl (C=O) groups is 1. The average Bonchev–Trinajstić information content (AvgIpc) is 3.44. The smallest absolute Gasteiger partial charge is 0.338 e. The maximum absolute atomic E-state index is 11.8. The van der Waals surface area contributed by atoms with Crippen LogP contribution < -0.4 is 5.32 Å². The Morgan fingerprint density at radius 2 is 2.12 bits per heavy atom. The van der Waals surface area contributed by atoms with Crippen LogP contribution in [-0.2, 0) is 15.9 Å². The SMILES string of the molecule is COCCN1CCCC1Cc1c[nH]c2ccc(Nc3ccc(C(=O)OC)cc3[N+](=O)[O-])cc12. The summed E-state index contributed by atoms with van der Waals surface area (Å²) in [5, 5.41) is 15.8. The molecular weight excluding hydrogens is 424 g/mol. The van der Waals surface area contributed by atoms with E-state index < -0.39 is 10.9 Å². The number of ether oxygens (including phenoxy) is 2. The molecule has 0 aliphatic carbocycles. The van der Waals surface area contributed by atoms with E-state index in [1.807, 2.05) is 18.2 Å². The van der Waals surface area contributed by atoms with Crippen LogP contribution in [0.1, 0.15) is 28.8 Å². The summed E-state index contributed by atoms with van der Waals surface area (Å²) in [7, 11) is 2.97. The first-order valence-electron chi connectivity index (χ1n) is 11.0. The highest BCUT2D eigenvalue weighted by molar-refractivity contribution is 5.92. The normalized spacial score (nSPS) is 16.2. The van der Waals surface area contributed by atoms with Crippen molar-refractivity contribution in [2.75, 3.05) is 39.2 Å². The second-order valence-electron chi connectivity index (χ2n) is 8.21. The van der Waals surface area contributed by atoms with E-state index in [0.717, 1.165) is 49.1 Å². The molecule has 9 nitrogen and oxygen atoms in total. The minimum absolute atomic E-state index is 0.132. The van der Waals surface area contributed by atoms with Gasteiger partial charge >= 0.3 is 5.97 Å². The quantitative estimate of drug-likeness (QED) is 0.284. The Morgan fingerprint density at radius 3 is 2.88 bits per heavy atom. The van der Waals surface area contributed by atoms with Crippen molar-refractivity contribution in [3.05, 3.63) is 63.8 Å². The van der Waals surface area contributed by atoms with Gasteiger partial charge in [-0.05, 0) is 61.7 Å². The standard InChI is InChI=1S/C24H28N4O5/c1-32-11-10-27-9-3-4-19(27)12-17-15-25-21-8-6-18(14-20(17)21)26-22-7-5-16(24(29)33-2)13-23(22)28(30)31/h5-8,13-15,19,25-26H,3-4,9-12H2,1-2H3. The predicted octanol–water partition coefficient (Wildman–Crippen LogP) is 4.26. The summed E-state index contributed by atoms with van der Waals surface area (Å²) in [4.78, 5) is 28.7. The van der Waals surface area contributed by atoms with Crippen LogP contribution in [0.25, 0.3) is 10.9 Å². The molecular formula is C24H28N4O5. The van der Waals surface area contributed by atoms with Gasteiger partial charge in [0.15, 0.2) is 0 Å². The van der Waals surface area contributed by atoms with Crippen molar-refractivity contribution < 1.29 is 19.2 Å². The maximum Gasteiger partial charge on any atom is 0.338 e. The van der Waals surface area contributed by atoms with Gasteiger partial charge in [0.1, 0.15) is 5.69 Å². The lowest BCUT2D eigenvalue weighted by Gasteiger charge is -2.23. The van der Waals surface area contributed by atoms with Crippen LogP contribution in [0.2, 0.25) is 0 Å². The van der Waals surface area contributed by atoms with Gasteiger partial charge in [0, 0.05) is 48.5 Å². The molecule has 1 aliphatic heterocycles. The van der Waals surface area contributed by atoms with E-state index >= 15 is 0 Å². The number of carbonyl (C=O) groups excluding carboxylic acids is 1. The molecule has 1 aromatic heterocycles. The molecule has 1 saturated heterocycles. The number of likely N-dealkylation sites (tertiary alicyclic amines) is 1. The number of esters is 1. The highest BCUT2D eigenvalue weighted by atomic mass is 16.6. The van der Waals surface area contributed by atoms with Gasteiger partial charge < -0.3 is 19.8 Å². The largest absolute Gasteiger partial charge is 0.465 e. The topological polar surface area (TPSA) is 110 Å².